The average Bonchev–Trinajstić information content (AvgIpc) is 2.96. The van der Waals surface area contributed by atoms with Crippen LogP contribution in [0.15, 0.2) is 18.2 Å². The molecular formula is C23H28N2O2S. The minimum absolute atomic E-state index is 0.0675. The topological polar surface area (TPSA) is 62.1 Å². The Morgan fingerprint density at radius 1 is 1.36 bits per heavy atom. The van der Waals surface area contributed by atoms with Crippen molar-refractivity contribution >= 4 is 22.2 Å². The van der Waals surface area contributed by atoms with Gasteiger partial charge >= 0.3 is 0 Å². The molecule has 1 amide bonds. The fraction of sp³-hybridized carbons (Fsp3) is 0.478. The smallest absolute Gasteiger partial charge is 0.262 e. The maximum absolute atomic E-state index is 12.4. The number of benzene rings is 1. The van der Waals surface area contributed by atoms with Gasteiger partial charge in [-0.2, -0.15) is 5.26 Å². The second-order valence-corrected chi connectivity index (χ2v) is 9.84. The Morgan fingerprint density at radius 3 is 2.75 bits per heavy atom. The predicted molar refractivity (Wildman–Crippen MR) is 114 cm³/mol. The maximum Gasteiger partial charge on any atom is 0.262 e. The Kier molecular flexibility index (Phi) is 5.81. The number of hydrogen-bond acceptors (Lipinski definition) is 4. The summed E-state index contributed by atoms with van der Waals surface area (Å²) in [6, 6.07) is 8.18. The van der Waals surface area contributed by atoms with Crippen molar-refractivity contribution in [2.75, 3.05) is 11.9 Å². The molecule has 1 aliphatic rings. The molecular weight excluding hydrogens is 368 g/mol. The Bertz CT molecular complexity index is 931. The molecule has 28 heavy (non-hydrogen) atoms. The van der Waals surface area contributed by atoms with Crippen molar-refractivity contribution in [3.05, 3.63) is 45.3 Å². The van der Waals surface area contributed by atoms with E-state index in [-0.39, 0.29) is 17.9 Å². The lowest BCUT2D eigenvalue weighted by molar-refractivity contribution is -0.118. The number of rotatable bonds is 4. The third-order valence-electron chi connectivity index (χ3n) is 5.54. The van der Waals surface area contributed by atoms with Crippen molar-refractivity contribution in [1.29, 1.82) is 5.26 Å². The summed E-state index contributed by atoms with van der Waals surface area (Å²) in [5.41, 5.74) is 4.17. The summed E-state index contributed by atoms with van der Waals surface area (Å²) in [6.07, 6.45) is 2.98. The number of hydrogen-bond donors (Lipinski definition) is 1. The molecule has 148 valence electrons. The lowest BCUT2D eigenvalue weighted by Gasteiger charge is -2.33. The van der Waals surface area contributed by atoms with Gasteiger partial charge in [0.1, 0.15) is 16.8 Å². The van der Waals surface area contributed by atoms with Gasteiger partial charge in [-0.05, 0) is 61.6 Å². The van der Waals surface area contributed by atoms with Gasteiger partial charge in [0.2, 0.25) is 0 Å². The SMILES string of the molecule is Cc1ccc(OCC(=O)Nc2sc3c(c2C#N)CC[C@@H](C(C)(C)C)C3)c(C)c1. The summed E-state index contributed by atoms with van der Waals surface area (Å²) in [5.74, 6) is 1.07. The van der Waals surface area contributed by atoms with E-state index in [1.54, 1.807) is 11.3 Å². The zero-order valence-electron chi connectivity index (χ0n) is 17.3. The highest BCUT2D eigenvalue weighted by Crippen LogP contribution is 2.43. The van der Waals surface area contributed by atoms with Crippen LogP contribution in [0.25, 0.3) is 0 Å². The van der Waals surface area contributed by atoms with Gasteiger partial charge in [-0.1, -0.05) is 38.5 Å². The van der Waals surface area contributed by atoms with Crippen LogP contribution in [-0.4, -0.2) is 12.5 Å². The quantitative estimate of drug-likeness (QED) is 0.752. The Morgan fingerprint density at radius 2 is 2.11 bits per heavy atom. The molecule has 1 aliphatic carbocycles. The van der Waals surface area contributed by atoms with Gasteiger partial charge in [0.15, 0.2) is 6.61 Å². The molecule has 1 aromatic carbocycles. The first-order chi connectivity index (χ1) is 13.2. The molecule has 0 spiro atoms. The lowest BCUT2D eigenvalue weighted by Crippen LogP contribution is -2.26. The summed E-state index contributed by atoms with van der Waals surface area (Å²) < 4.78 is 5.67. The number of nitrogens with one attached hydrogen (secondary N) is 1. The molecule has 0 radical (unpaired) electrons. The Labute approximate surface area is 171 Å². The third kappa shape index (κ3) is 4.39. The van der Waals surface area contributed by atoms with Crippen molar-refractivity contribution in [3.8, 4) is 11.8 Å². The van der Waals surface area contributed by atoms with E-state index < -0.39 is 0 Å². The zero-order chi connectivity index (χ0) is 20.5. The summed E-state index contributed by atoms with van der Waals surface area (Å²) >= 11 is 1.55. The Balaban J connectivity index is 1.70. The second kappa shape index (κ2) is 7.97. The summed E-state index contributed by atoms with van der Waals surface area (Å²) in [5, 5.41) is 13.2. The average molecular weight is 397 g/mol. The van der Waals surface area contributed by atoms with Gasteiger partial charge in [0, 0.05) is 4.88 Å². The van der Waals surface area contributed by atoms with Crippen molar-refractivity contribution in [3.63, 3.8) is 0 Å². The van der Waals surface area contributed by atoms with Crippen LogP contribution in [0.5, 0.6) is 5.75 Å². The van der Waals surface area contributed by atoms with E-state index in [2.05, 4.69) is 32.2 Å². The number of anilines is 1. The molecule has 1 N–H and O–H groups in total. The van der Waals surface area contributed by atoms with Crippen LogP contribution < -0.4 is 10.1 Å². The second-order valence-electron chi connectivity index (χ2n) is 8.73. The van der Waals surface area contributed by atoms with Gasteiger partial charge in [0.05, 0.1) is 5.56 Å². The normalized spacial score (nSPS) is 16.2. The number of carbonyl (C=O) groups is 1. The molecule has 4 nitrogen and oxygen atoms in total. The van der Waals surface area contributed by atoms with Gasteiger partial charge in [0.25, 0.3) is 5.91 Å². The molecule has 0 saturated heterocycles. The molecule has 1 aromatic heterocycles. The number of ether oxygens (including phenoxy) is 1. The molecule has 0 fully saturated rings. The van der Waals surface area contributed by atoms with E-state index in [1.165, 1.54) is 4.88 Å². The van der Waals surface area contributed by atoms with Crippen LogP contribution in [-0.2, 0) is 17.6 Å². The van der Waals surface area contributed by atoms with Crippen LogP contribution in [0.2, 0.25) is 0 Å². The molecule has 2 aromatic rings. The maximum atomic E-state index is 12.4. The summed E-state index contributed by atoms with van der Waals surface area (Å²) in [7, 11) is 0. The Hall–Kier alpha value is -2.32. The van der Waals surface area contributed by atoms with E-state index in [0.717, 1.165) is 36.0 Å². The number of carbonyl (C=O) groups excluding carboxylic acids is 1. The highest BCUT2D eigenvalue weighted by molar-refractivity contribution is 7.16. The van der Waals surface area contributed by atoms with Gasteiger partial charge in [-0.15, -0.1) is 11.3 Å². The highest BCUT2D eigenvalue weighted by Gasteiger charge is 2.32. The molecule has 5 heteroatoms. The first-order valence-corrected chi connectivity index (χ1v) is 10.5. The molecule has 0 aliphatic heterocycles. The zero-order valence-corrected chi connectivity index (χ0v) is 18.1. The first-order valence-electron chi connectivity index (χ1n) is 9.73. The molecule has 0 saturated carbocycles. The van der Waals surface area contributed by atoms with Crippen LogP contribution >= 0.6 is 11.3 Å². The van der Waals surface area contributed by atoms with Crippen LogP contribution in [0.3, 0.4) is 0 Å². The van der Waals surface area contributed by atoms with E-state index in [0.29, 0.717) is 22.2 Å². The first kappa shape index (κ1) is 20.4. The van der Waals surface area contributed by atoms with E-state index in [1.807, 2.05) is 32.0 Å². The van der Waals surface area contributed by atoms with E-state index >= 15 is 0 Å². The minimum Gasteiger partial charge on any atom is -0.483 e. The van der Waals surface area contributed by atoms with Crippen molar-refractivity contribution in [2.45, 2.75) is 53.9 Å². The standard InChI is InChI=1S/C23H28N2O2S/c1-14-6-9-19(15(2)10-14)27-13-21(26)25-22-18(12-24)17-8-7-16(23(3,4)5)11-20(17)28-22/h6,9-10,16H,7-8,11,13H2,1-5H3,(H,25,26)/t16-/m1/s1. The molecule has 0 unspecified atom stereocenters. The number of thiophene rings is 1. The minimum atomic E-state index is -0.234. The van der Waals surface area contributed by atoms with Crippen molar-refractivity contribution in [1.82, 2.24) is 0 Å². The van der Waals surface area contributed by atoms with E-state index in [9.17, 15) is 10.1 Å². The monoisotopic (exact) mass is 396 g/mol. The van der Waals surface area contributed by atoms with Gasteiger partial charge < -0.3 is 10.1 Å². The molecule has 1 atom stereocenters. The van der Waals surface area contributed by atoms with E-state index in [4.69, 9.17) is 4.74 Å². The largest absolute Gasteiger partial charge is 0.483 e. The van der Waals surface area contributed by atoms with Crippen LogP contribution in [0.4, 0.5) is 5.00 Å². The number of nitrogens with zero attached hydrogens (tertiary/aromatic N) is 1. The fourth-order valence-electron chi connectivity index (χ4n) is 3.80. The number of fused-ring (bicyclic) bond motifs is 1. The van der Waals surface area contributed by atoms with Crippen molar-refractivity contribution in [2.24, 2.45) is 11.3 Å². The van der Waals surface area contributed by atoms with Gasteiger partial charge in [-0.3, -0.25) is 4.79 Å². The number of nitriles is 1. The highest BCUT2D eigenvalue weighted by atomic mass is 32.1. The van der Waals surface area contributed by atoms with Gasteiger partial charge in [-0.25, -0.2) is 0 Å². The predicted octanol–water partition coefficient (Wildman–Crippen LogP) is 5.41. The summed E-state index contributed by atoms with van der Waals surface area (Å²) in [4.78, 5) is 13.7. The number of aryl methyl sites for hydroxylation is 2. The number of amides is 1. The fourth-order valence-corrected chi connectivity index (χ4v) is 5.09. The molecule has 0 bridgehead atoms. The molecule has 3 rings (SSSR count). The third-order valence-corrected chi connectivity index (χ3v) is 6.71. The van der Waals surface area contributed by atoms with Crippen LogP contribution in [0, 0.1) is 36.5 Å². The molecule has 1 heterocycles. The van der Waals surface area contributed by atoms with Crippen LogP contribution in [0.1, 0.15) is 54.3 Å². The van der Waals surface area contributed by atoms with Crippen molar-refractivity contribution < 1.29 is 9.53 Å². The lowest BCUT2D eigenvalue weighted by atomic mass is 9.72. The summed E-state index contributed by atoms with van der Waals surface area (Å²) in [6.45, 7) is 10.7.